The molecule has 1 aliphatic heterocycles. The van der Waals surface area contributed by atoms with Crippen LogP contribution in [-0.2, 0) is 4.74 Å². The van der Waals surface area contributed by atoms with Crippen molar-refractivity contribution in [2.75, 3.05) is 6.61 Å². The molecule has 1 aromatic rings. The van der Waals surface area contributed by atoms with Crippen molar-refractivity contribution in [2.45, 2.75) is 52.3 Å². The lowest BCUT2D eigenvalue weighted by Gasteiger charge is -2.35. The Hall–Kier alpha value is -0.860. The van der Waals surface area contributed by atoms with E-state index >= 15 is 0 Å². The summed E-state index contributed by atoms with van der Waals surface area (Å²) in [4.78, 5) is 0. The van der Waals surface area contributed by atoms with Gasteiger partial charge in [-0.05, 0) is 24.3 Å². The van der Waals surface area contributed by atoms with Gasteiger partial charge < -0.3 is 10.1 Å². The average Bonchev–Trinajstić information content (AvgIpc) is 2.71. The van der Waals surface area contributed by atoms with E-state index in [4.69, 9.17) is 4.74 Å². The highest BCUT2D eigenvalue weighted by Crippen LogP contribution is 2.34. The van der Waals surface area contributed by atoms with Gasteiger partial charge in [-0.1, -0.05) is 51.1 Å². The molecule has 0 aromatic heterocycles. The third kappa shape index (κ3) is 3.12. The first kappa shape index (κ1) is 13.6. The first-order valence-electron chi connectivity index (χ1n) is 6.91. The molecule has 1 aromatic carbocycles. The molecule has 100 valence electrons. The van der Waals surface area contributed by atoms with Crippen molar-refractivity contribution in [3.63, 3.8) is 0 Å². The molecule has 1 aliphatic rings. The summed E-state index contributed by atoms with van der Waals surface area (Å²) >= 11 is 0. The molecule has 2 heteroatoms. The molecule has 0 saturated carbocycles. The van der Waals surface area contributed by atoms with Gasteiger partial charge in [-0.15, -0.1) is 0 Å². The van der Waals surface area contributed by atoms with Crippen LogP contribution in [-0.4, -0.2) is 18.8 Å². The van der Waals surface area contributed by atoms with Crippen molar-refractivity contribution in [3.05, 3.63) is 35.9 Å². The van der Waals surface area contributed by atoms with Crippen LogP contribution in [0.5, 0.6) is 0 Å². The monoisotopic (exact) mass is 247 g/mol. The maximum absolute atomic E-state index is 5.65. The highest BCUT2D eigenvalue weighted by atomic mass is 16.5. The zero-order valence-electron chi connectivity index (χ0n) is 11.9. The van der Waals surface area contributed by atoms with E-state index in [0.29, 0.717) is 18.2 Å². The molecule has 1 N–H and O–H groups in total. The van der Waals surface area contributed by atoms with Crippen LogP contribution in [0.4, 0.5) is 0 Å². The third-order valence-electron chi connectivity index (χ3n) is 3.76. The van der Waals surface area contributed by atoms with Crippen LogP contribution >= 0.6 is 0 Å². The summed E-state index contributed by atoms with van der Waals surface area (Å²) < 4.78 is 5.65. The van der Waals surface area contributed by atoms with Crippen molar-refractivity contribution in [2.24, 2.45) is 5.41 Å². The predicted molar refractivity (Wildman–Crippen MR) is 75.6 cm³/mol. The zero-order valence-corrected chi connectivity index (χ0v) is 11.9. The van der Waals surface area contributed by atoms with Crippen LogP contribution < -0.4 is 5.32 Å². The Morgan fingerprint density at radius 1 is 1.22 bits per heavy atom. The standard InChI is InChI=1S/C16H25NO/c1-12-14(10-11-18-12)17-15(16(2,3)4)13-8-6-5-7-9-13/h5-9,12,14-15,17H,10-11H2,1-4H3. The molecule has 3 atom stereocenters. The quantitative estimate of drug-likeness (QED) is 0.882. The van der Waals surface area contributed by atoms with Gasteiger partial charge in [-0.3, -0.25) is 0 Å². The minimum Gasteiger partial charge on any atom is -0.377 e. The van der Waals surface area contributed by atoms with Gasteiger partial charge in [0.25, 0.3) is 0 Å². The number of benzene rings is 1. The van der Waals surface area contributed by atoms with Crippen LogP contribution in [0.25, 0.3) is 0 Å². The fourth-order valence-corrected chi connectivity index (χ4v) is 2.66. The second-order valence-electron chi connectivity index (χ2n) is 6.35. The van der Waals surface area contributed by atoms with Crippen LogP contribution in [0.2, 0.25) is 0 Å². The van der Waals surface area contributed by atoms with E-state index in [-0.39, 0.29) is 5.41 Å². The molecular weight excluding hydrogens is 222 g/mol. The van der Waals surface area contributed by atoms with Crippen molar-refractivity contribution in [3.8, 4) is 0 Å². The van der Waals surface area contributed by atoms with Gasteiger partial charge in [-0.25, -0.2) is 0 Å². The van der Waals surface area contributed by atoms with Gasteiger partial charge in [0.15, 0.2) is 0 Å². The zero-order chi connectivity index (χ0) is 13.2. The summed E-state index contributed by atoms with van der Waals surface area (Å²) in [6, 6.07) is 11.6. The number of nitrogens with one attached hydrogen (secondary N) is 1. The average molecular weight is 247 g/mol. The van der Waals surface area contributed by atoms with Gasteiger partial charge in [0.2, 0.25) is 0 Å². The lowest BCUT2D eigenvalue weighted by molar-refractivity contribution is 0.105. The Morgan fingerprint density at radius 2 is 1.89 bits per heavy atom. The topological polar surface area (TPSA) is 21.3 Å². The smallest absolute Gasteiger partial charge is 0.0700 e. The Morgan fingerprint density at radius 3 is 2.39 bits per heavy atom. The normalized spacial score (nSPS) is 26.2. The molecule has 0 aliphatic carbocycles. The summed E-state index contributed by atoms with van der Waals surface area (Å²) in [7, 11) is 0. The molecular formula is C16H25NO. The van der Waals surface area contributed by atoms with Crippen LogP contribution in [0.3, 0.4) is 0 Å². The lowest BCUT2D eigenvalue weighted by Crippen LogP contribution is -2.42. The number of hydrogen-bond donors (Lipinski definition) is 1. The van der Waals surface area contributed by atoms with E-state index < -0.39 is 0 Å². The summed E-state index contributed by atoms with van der Waals surface area (Å²) in [6.07, 6.45) is 1.43. The van der Waals surface area contributed by atoms with E-state index in [2.05, 4.69) is 63.3 Å². The SMILES string of the molecule is CC1OCCC1NC(c1ccccc1)C(C)(C)C. The molecule has 18 heavy (non-hydrogen) atoms. The summed E-state index contributed by atoms with van der Waals surface area (Å²) in [5, 5.41) is 3.80. The molecule has 2 nitrogen and oxygen atoms in total. The van der Waals surface area contributed by atoms with E-state index in [9.17, 15) is 0 Å². The van der Waals surface area contributed by atoms with Gasteiger partial charge >= 0.3 is 0 Å². The fourth-order valence-electron chi connectivity index (χ4n) is 2.66. The van der Waals surface area contributed by atoms with Gasteiger partial charge in [-0.2, -0.15) is 0 Å². The van der Waals surface area contributed by atoms with Crippen molar-refractivity contribution in [1.29, 1.82) is 0 Å². The summed E-state index contributed by atoms with van der Waals surface area (Å²) in [5.74, 6) is 0. The van der Waals surface area contributed by atoms with E-state index in [1.807, 2.05) is 0 Å². The van der Waals surface area contributed by atoms with Gasteiger partial charge in [0, 0.05) is 18.7 Å². The van der Waals surface area contributed by atoms with Gasteiger partial charge in [0.05, 0.1) is 6.10 Å². The Balaban J connectivity index is 2.16. The largest absolute Gasteiger partial charge is 0.377 e. The summed E-state index contributed by atoms with van der Waals surface area (Å²) in [5.41, 5.74) is 1.56. The highest BCUT2D eigenvalue weighted by Gasteiger charge is 2.32. The Kier molecular flexibility index (Phi) is 4.08. The molecule has 1 fully saturated rings. The molecule has 1 heterocycles. The molecule has 0 bridgehead atoms. The van der Waals surface area contributed by atoms with Crippen molar-refractivity contribution in [1.82, 2.24) is 5.32 Å². The highest BCUT2D eigenvalue weighted by molar-refractivity contribution is 5.21. The fraction of sp³-hybridized carbons (Fsp3) is 0.625. The molecule has 2 rings (SSSR count). The molecule has 0 spiro atoms. The number of hydrogen-bond acceptors (Lipinski definition) is 2. The lowest BCUT2D eigenvalue weighted by atomic mass is 9.81. The molecule has 0 amide bonds. The van der Waals surface area contributed by atoms with Crippen molar-refractivity contribution >= 4 is 0 Å². The van der Waals surface area contributed by atoms with E-state index in [0.717, 1.165) is 13.0 Å². The molecule has 3 unspecified atom stereocenters. The van der Waals surface area contributed by atoms with Crippen molar-refractivity contribution < 1.29 is 4.74 Å². The minimum absolute atomic E-state index is 0.198. The van der Waals surface area contributed by atoms with Crippen LogP contribution in [0.1, 0.15) is 45.7 Å². The Bertz CT molecular complexity index is 368. The summed E-state index contributed by atoms with van der Waals surface area (Å²) in [6.45, 7) is 9.91. The third-order valence-corrected chi connectivity index (χ3v) is 3.76. The second kappa shape index (κ2) is 5.41. The number of rotatable bonds is 3. The molecule has 1 saturated heterocycles. The van der Waals surface area contributed by atoms with Gasteiger partial charge in [0.1, 0.15) is 0 Å². The number of ether oxygens (including phenoxy) is 1. The maximum Gasteiger partial charge on any atom is 0.0700 e. The first-order chi connectivity index (χ1) is 8.48. The van der Waals surface area contributed by atoms with E-state index in [1.165, 1.54) is 5.56 Å². The molecule has 0 radical (unpaired) electrons. The van der Waals surface area contributed by atoms with E-state index in [1.54, 1.807) is 0 Å². The predicted octanol–water partition coefficient (Wildman–Crippen LogP) is 3.54. The second-order valence-corrected chi connectivity index (χ2v) is 6.35. The van der Waals surface area contributed by atoms with Crippen LogP contribution in [0.15, 0.2) is 30.3 Å². The maximum atomic E-state index is 5.65. The first-order valence-corrected chi connectivity index (χ1v) is 6.91. The minimum atomic E-state index is 0.198. The van der Waals surface area contributed by atoms with Crippen LogP contribution in [0, 0.1) is 5.41 Å². The Labute approximate surface area is 111 Å².